The van der Waals surface area contributed by atoms with E-state index in [2.05, 4.69) is 84.0 Å². The van der Waals surface area contributed by atoms with Gasteiger partial charge in [-0.2, -0.15) is 0 Å². The molecule has 120 valence electrons. The van der Waals surface area contributed by atoms with Crippen LogP contribution in [0.4, 0.5) is 0 Å². The molecule has 0 heteroatoms. The van der Waals surface area contributed by atoms with Crippen LogP contribution in [-0.4, -0.2) is 0 Å². The van der Waals surface area contributed by atoms with E-state index in [9.17, 15) is 0 Å². The van der Waals surface area contributed by atoms with Crippen molar-refractivity contribution >= 4 is 5.57 Å². The van der Waals surface area contributed by atoms with Crippen molar-refractivity contribution in [3.63, 3.8) is 0 Å². The third kappa shape index (κ3) is 2.87. The van der Waals surface area contributed by atoms with Crippen LogP contribution in [0, 0.1) is 5.41 Å². The van der Waals surface area contributed by atoms with E-state index in [4.69, 9.17) is 0 Å². The normalized spacial score (nSPS) is 14.6. The van der Waals surface area contributed by atoms with Crippen molar-refractivity contribution in [3.05, 3.63) is 64.7 Å². The Bertz CT molecular complexity index is 750. The third-order valence-electron chi connectivity index (χ3n) is 5.14. The molecule has 1 aliphatic rings. The molecular formula is C23H28. The first-order valence-electron chi connectivity index (χ1n) is 8.72. The molecule has 0 unspecified atom stereocenters. The minimum Gasteiger partial charge on any atom is -0.0613 e. The molecule has 0 spiro atoms. The number of fused-ring (bicyclic) bond motifs is 1. The van der Waals surface area contributed by atoms with Crippen molar-refractivity contribution in [2.45, 2.75) is 53.9 Å². The molecule has 0 bridgehead atoms. The molecule has 1 aliphatic carbocycles. The van der Waals surface area contributed by atoms with E-state index >= 15 is 0 Å². The molecule has 0 amide bonds. The van der Waals surface area contributed by atoms with Gasteiger partial charge in [0.15, 0.2) is 0 Å². The molecule has 0 atom stereocenters. The molecule has 0 radical (unpaired) electrons. The molecule has 0 aromatic heterocycles. The van der Waals surface area contributed by atoms with Gasteiger partial charge in [-0.15, -0.1) is 0 Å². The van der Waals surface area contributed by atoms with Gasteiger partial charge in [0, 0.05) is 0 Å². The summed E-state index contributed by atoms with van der Waals surface area (Å²) in [6.45, 7) is 13.8. The Morgan fingerprint density at radius 2 is 1.57 bits per heavy atom. The average molecular weight is 304 g/mol. The summed E-state index contributed by atoms with van der Waals surface area (Å²) in [7, 11) is 0. The topological polar surface area (TPSA) is 0 Å². The fourth-order valence-corrected chi connectivity index (χ4v) is 3.78. The summed E-state index contributed by atoms with van der Waals surface area (Å²) in [6, 6.07) is 15.9. The molecule has 0 N–H and O–H groups in total. The van der Waals surface area contributed by atoms with Gasteiger partial charge in [0.1, 0.15) is 0 Å². The van der Waals surface area contributed by atoms with E-state index in [1.807, 2.05) is 0 Å². The van der Waals surface area contributed by atoms with E-state index in [1.165, 1.54) is 33.4 Å². The molecule has 0 heterocycles. The van der Waals surface area contributed by atoms with Gasteiger partial charge in [-0.05, 0) is 58.1 Å². The first-order chi connectivity index (χ1) is 10.8. The maximum atomic E-state index is 2.33. The Hall–Kier alpha value is -1.82. The van der Waals surface area contributed by atoms with Crippen LogP contribution >= 0.6 is 0 Å². The maximum Gasteiger partial charge on any atom is -0.00496 e. The van der Waals surface area contributed by atoms with Crippen molar-refractivity contribution in [2.24, 2.45) is 5.41 Å². The summed E-state index contributed by atoms with van der Waals surface area (Å²) in [6.07, 6.45) is 1.10. The highest BCUT2D eigenvalue weighted by Gasteiger charge is 2.28. The lowest BCUT2D eigenvalue weighted by molar-refractivity contribution is 0.496. The average Bonchev–Trinajstić information content (AvgIpc) is 2.85. The predicted molar refractivity (Wildman–Crippen MR) is 102 cm³/mol. The summed E-state index contributed by atoms with van der Waals surface area (Å²) < 4.78 is 0. The first-order valence-corrected chi connectivity index (χ1v) is 8.72. The highest BCUT2D eigenvalue weighted by atomic mass is 14.3. The van der Waals surface area contributed by atoms with Crippen LogP contribution in [-0.2, 0) is 6.42 Å². The van der Waals surface area contributed by atoms with Crippen LogP contribution in [0.3, 0.4) is 0 Å². The SMILES string of the molecule is CC1=C(C(C)(C)C)Cc2cccc(-c3ccc(C(C)C)cc3)c21. The van der Waals surface area contributed by atoms with Crippen LogP contribution in [0.2, 0.25) is 0 Å². The van der Waals surface area contributed by atoms with Gasteiger partial charge in [-0.3, -0.25) is 0 Å². The van der Waals surface area contributed by atoms with E-state index in [1.54, 1.807) is 5.57 Å². The van der Waals surface area contributed by atoms with Gasteiger partial charge in [-0.1, -0.05) is 82.7 Å². The zero-order chi connectivity index (χ0) is 16.8. The molecule has 0 saturated heterocycles. The monoisotopic (exact) mass is 304 g/mol. The Balaban J connectivity index is 2.11. The number of benzene rings is 2. The Labute approximate surface area is 141 Å². The largest absolute Gasteiger partial charge is 0.0613 e. The van der Waals surface area contributed by atoms with Crippen molar-refractivity contribution in [1.29, 1.82) is 0 Å². The number of rotatable bonds is 2. The lowest BCUT2D eigenvalue weighted by atomic mass is 9.83. The second-order valence-corrected chi connectivity index (χ2v) is 8.15. The summed E-state index contributed by atoms with van der Waals surface area (Å²) in [5.41, 5.74) is 10.4. The summed E-state index contributed by atoms with van der Waals surface area (Å²) in [5, 5.41) is 0. The highest BCUT2D eigenvalue weighted by molar-refractivity contribution is 5.87. The van der Waals surface area contributed by atoms with Crippen LogP contribution in [0.5, 0.6) is 0 Å². The molecule has 0 aliphatic heterocycles. The maximum absolute atomic E-state index is 2.33. The number of hydrogen-bond acceptors (Lipinski definition) is 0. The van der Waals surface area contributed by atoms with Crippen LogP contribution in [0.15, 0.2) is 48.0 Å². The number of allylic oxidation sites excluding steroid dienone is 2. The lowest BCUT2D eigenvalue weighted by Gasteiger charge is -2.22. The summed E-state index contributed by atoms with van der Waals surface area (Å²) >= 11 is 0. The molecule has 0 saturated carbocycles. The minimum absolute atomic E-state index is 0.238. The molecular weight excluding hydrogens is 276 g/mol. The van der Waals surface area contributed by atoms with Gasteiger partial charge >= 0.3 is 0 Å². The Morgan fingerprint density at radius 1 is 0.913 bits per heavy atom. The fraction of sp³-hybridized carbons (Fsp3) is 0.391. The highest BCUT2D eigenvalue weighted by Crippen LogP contribution is 2.45. The number of hydrogen-bond donors (Lipinski definition) is 0. The van der Waals surface area contributed by atoms with Gasteiger partial charge < -0.3 is 0 Å². The van der Waals surface area contributed by atoms with Crippen LogP contribution in [0.25, 0.3) is 16.7 Å². The van der Waals surface area contributed by atoms with Crippen LogP contribution in [0.1, 0.15) is 64.2 Å². The summed E-state index contributed by atoms with van der Waals surface area (Å²) in [5.74, 6) is 0.583. The molecule has 0 fully saturated rings. The van der Waals surface area contributed by atoms with Gasteiger partial charge in [-0.25, -0.2) is 0 Å². The molecule has 0 nitrogen and oxygen atoms in total. The molecule has 3 rings (SSSR count). The van der Waals surface area contributed by atoms with E-state index in [0.717, 1.165) is 6.42 Å². The quantitative estimate of drug-likeness (QED) is 0.569. The second-order valence-electron chi connectivity index (χ2n) is 8.15. The molecule has 23 heavy (non-hydrogen) atoms. The minimum atomic E-state index is 0.238. The first kappa shape index (κ1) is 16.1. The summed E-state index contributed by atoms with van der Waals surface area (Å²) in [4.78, 5) is 0. The zero-order valence-corrected chi connectivity index (χ0v) is 15.3. The van der Waals surface area contributed by atoms with Gasteiger partial charge in [0.25, 0.3) is 0 Å². The van der Waals surface area contributed by atoms with Gasteiger partial charge in [0.2, 0.25) is 0 Å². The third-order valence-corrected chi connectivity index (χ3v) is 5.14. The van der Waals surface area contributed by atoms with Gasteiger partial charge in [0.05, 0.1) is 0 Å². The zero-order valence-electron chi connectivity index (χ0n) is 15.3. The van der Waals surface area contributed by atoms with Crippen molar-refractivity contribution in [1.82, 2.24) is 0 Å². The van der Waals surface area contributed by atoms with Crippen molar-refractivity contribution < 1.29 is 0 Å². The standard InChI is InChI=1S/C23H28/c1-15(2)17-10-12-18(13-11-17)20-9-7-8-19-14-21(23(4,5)6)16(3)22(19)20/h7-13,15H,14H2,1-6H3. The molecule has 2 aromatic rings. The Morgan fingerprint density at radius 3 is 2.13 bits per heavy atom. The second kappa shape index (κ2) is 5.67. The predicted octanol–water partition coefficient (Wildman–Crippen LogP) is 6.85. The molecule has 2 aromatic carbocycles. The lowest BCUT2D eigenvalue weighted by Crippen LogP contribution is -2.09. The van der Waals surface area contributed by atoms with Crippen molar-refractivity contribution in [2.75, 3.05) is 0 Å². The van der Waals surface area contributed by atoms with E-state index < -0.39 is 0 Å². The van der Waals surface area contributed by atoms with Crippen LogP contribution < -0.4 is 0 Å². The smallest absolute Gasteiger partial charge is 0.00496 e. The Kier molecular flexibility index (Phi) is 3.96. The van der Waals surface area contributed by atoms with Crippen molar-refractivity contribution in [3.8, 4) is 11.1 Å². The fourth-order valence-electron chi connectivity index (χ4n) is 3.78. The van der Waals surface area contributed by atoms with E-state index in [0.29, 0.717) is 5.92 Å². The van der Waals surface area contributed by atoms with E-state index in [-0.39, 0.29) is 5.41 Å².